The highest BCUT2D eigenvalue weighted by Crippen LogP contribution is 1.90. The van der Waals surface area contributed by atoms with Gasteiger partial charge in [0.05, 0.1) is 7.05 Å². The standard InChI is InChI=1S/C7H15NO2/c1-7(2)5-4-6-10-8(3)9/h5,8H,4,6H2,1-3H3. The lowest BCUT2D eigenvalue weighted by Gasteiger charge is -2.12. The predicted molar refractivity (Wildman–Crippen MR) is 40.3 cm³/mol. The second-order valence-corrected chi connectivity index (χ2v) is 2.41. The molecular weight excluding hydrogens is 130 g/mol. The van der Waals surface area contributed by atoms with Gasteiger partial charge in [0.2, 0.25) is 0 Å². The van der Waals surface area contributed by atoms with Crippen molar-refractivity contribution in [3.63, 3.8) is 0 Å². The van der Waals surface area contributed by atoms with Crippen LogP contribution in [0.4, 0.5) is 0 Å². The normalized spacial score (nSPS) is 12.8. The van der Waals surface area contributed by atoms with Gasteiger partial charge < -0.3 is 5.21 Å². The molecule has 0 aliphatic heterocycles. The van der Waals surface area contributed by atoms with Gasteiger partial charge in [-0.25, -0.2) is 10.1 Å². The summed E-state index contributed by atoms with van der Waals surface area (Å²) in [6.45, 7) is 4.54. The second kappa shape index (κ2) is 5.41. The van der Waals surface area contributed by atoms with Crippen LogP contribution >= 0.6 is 0 Å². The molecule has 0 radical (unpaired) electrons. The zero-order valence-electron chi connectivity index (χ0n) is 6.81. The summed E-state index contributed by atoms with van der Waals surface area (Å²) < 4.78 is 0. The van der Waals surface area contributed by atoms with Crippen molar-refractivity contribution in [2.24, 2.45) is 0 Å². The van der Waals surface area contributed by atoms with Gasteiger partial charge in [0.25, 0.3) is 0 Å². The maximum absolute atomic E-state index is 10.2. The largest absolute Gasteiger partial charge is 0.600 e. The number of hydrogen-bond acceptors (Lipinski definition) is 2. The van der Waals surface area contributed by atoms with Crippen LogP contribution in [0.25, 0.3) is 0 Å². The second-order valence-electron chi connectivity index (χ2n) is 2.41. The van der Waals surface area contributed by atoms with Gasteiger partial charge in [0.15, 0.2) is 0 Å². The van der Waals surface area contributed by atoms with Gasteiger partial charge in [-0.1, -0.05) is 11.6 Å². The zero-order chi connectivity index (χ0) is 7.98. The van der Waals surface area contributed by atoms with Crippen LogP contribution in [0.15, 0.2) is 11.6 Å². The first kappa shape index (κ1) is 9.62. The molecule has 0 fully saturated rings. The lowest BCUT2D eigenvalue weighted by molar-refractivity contribution is -1.04. The summed E-state index contributed by atoms with van der Waals surface area (Å²) >= 11 is 0. The molecule has 1 atom stereocenters. The average molecular weight is 145 g/mol. The molecule has 10 heavy (non-hydrogen) atoms. The highest BCUT2D eigenvalue weighted by molar-refractivity contribution is 4.92. The van der Waals surface area contributed by atoms with Gasteiger partial charge in [-0.3, -0.25) is 0 Å². The quantitative estimate of drug-likeness (QED) is 0.350. The van der Waals surface area contributed by atoms with Crippen LogP contribution < -0.4 is 5.23 Å². The third kappa shape index (κ3) is 7.62. The number of hydrogen-bond donors (Lipinski definition) is 1. The van der Waals surface area contributed by atoms with E-state index in [4.69, 9.17) is 4.84 Å². The van der Waals surface area contributed by atoms with Crippen LogP contribution in [0, 0.1) is 5.21 Å². The van der Waals surface area contributed by atoms with Crippen molar-refractivity contribution in [1.29, 1.82) is 0 Å². The molecule has 0 aromatic heterocycles. The molecule has 0 saturated heterocycles. The van der Waals surface area contributed by atoms with Gasteiger partial charge in [-0.2, -0.15) is 0 Å². The van der Waals surface area contributed by atoms with Crippen LogP contribution in [0.3, 0.4) is 0 Å². The molecule has 3 heteroatoms. The lowest BCUT2D eigenvalue weighted by Crippen LogP contribution is -3.02. The molecule has 1 N–H and O–H groups in total. The Morgan fingerprint density at radius 1 is 1.60 bits per heavy atom. The van der Waals surface area contributed by atoms with Crippen molar-refractivity contribution >= 4 is 0 Å². The highest BCUT2D eigenvalue weighted by atomic mass is 16.9. The van der Waals surface area contributed by atoms with Crippen molar-refractivity contribution in [2.75, 3.05) is 13.7 Å². The van der Waals surface area contributed by atoms with Crippen LogP contribution in [0.5, 0.6) is 0 Å². The van der Waals surface area contributed by atoms with Crippen molar-refractivity contribution in [3.05, 3.63) is 16.9 Å². The first-order chi connectivity index (χ1) is 4.63. The molecule has 0 rings (SSSR count). The molecular formula is C7H15NO2. The van der Waals surface area contributed by atoms with E-state index < -0.39 is 0 Å². The zero-order valence-corrected chi connectivity index (χ0v) is 6.81. The van der Waals surface area contributed by atoms with Crippen molar-refractivity contribution < 1.29 is 10.1 Å². The molecule has 0 spiro atoms. The number of allylic oxidation sites excluding steroid dienone is 1. The van der Waals surface area contributed by atoms with Crippen LogP contribution in [0.1, 0.15) is 20.3 Å². The number of rotatable bonds is 4. The fourth-order valence-corrected chi connectivity index (χ4v) is 0.550. The van der Waals surface area contributed by atoms with E-state index in [0.29, 0.717) is 6.61 Å². The van der Waals surface area contributed by atoms with Crippen LogP contribution in [0.2, 0.25) is 0 Å². The summed E-state index contributed by atoms with van der Waals surface area (Å²) in [6.07, 6.45) is 2.87. The van der Waals surface area contributed by atoms with E-state index in [2.05, 4.69) is 0 Å². The van der Waals surface area contributed by atoms with Crippen molar-refractivity contribution in [2.45, 2.75) is 20.3 Å². The Labute approximate surface area is 61.8 Å². The van der Waals surface area contributed by atoms with Crippen molar-refractivity contribution in [3.8, 4) is 0 Å². The molecule has 0 heterocycles. The molecule has 0 aromatic rings. The molecule has 0 amide bonds. The Balaban J connectivity index is 3.13. The summed E-state index contributed by atoms with van der Waals surface area (Å²) in [6, 6.07) is 0. The van der Waals surface area contributed by atoms with E-state index in [1.165, 1.54) is 12.6 Å². The fraction of sp³-hybridized carbons (Fsp3) is 0.714. The topological polar surface area (TPSA) is 36.7 Å². The molecule has 0 aromatic carbocycles. The molecule has 0 saturated carbocycles. The summed E-state index contributed by atoms with van der Waals surface area (Å²) in [5.41, 5.74) is 1.26. The van der Waals surface area contributed by atoms with E-state index in [0.717, 1.165) is 6.42 Å². The van der Waals surface area contributed by atoms with Crippen LogP contribution in [-0.2, 0) is 4.84 Å². The van der Waals surface area contributed by atoms with E-state index in [1.54, 1.807) is 0 Å². The molecule has 60 valence electrons. The van der Waals surface area contributed by atoms with Gasteiger partial charge in [0, 0.05) is 0 Å². The van der Waals surface area contributed by atoms with E-state index in [1.807, 2.05) is 19.9 Å². The summed E-state index contributed by atoms with van der Waals surface area (Å²) in [5.74, 6) is 0. The summed E-state index contributed by atoms with van der Waals surface area (Å²) in [7, 11) is 1.42. The minimum Gasteiger partial charge on any atom is -0.600 e. The Bertz CT molecular complexity index is 106. The Morgan fingerprint density at radius 3 is 2.60 bits per heavy atom. The minimum atomic E-state index is -0.206. The third-order valence-corrected chi connectivity index (χ3v) is 0.976. The SMILES string of the molecule is CC(C)=CCCO[NH+](C)[O-]. The third-order valence-electron chi connectivity index (χ3n) is 0.976. The molecule has 0 bridgehead atoms. The Hall–Kier alpha value is -0.380. The fourth-order valence-electron chi connectivity index (χ4n) is 0.550. The first-order valence-electron chi connectivity index (χ1n) is 3.39. The van der Waals surface area contributed by atoms with Gasteiger partial charge in [-0.05, 0) is 20.3 Å². The van der Waals surface area contributed by atoms with Gasteiger partial charge >= 0.3 is 0 Å². The monoisotopic (exact) mass is 145 g/mol. The molecule has 0 aliphatic rings. The minimum absolute atomic E-state index is 0.206. The smallest absolute Gasteiger partial charge is 0.110 e. The number of quaternary nitrogens is 1. The number of nitrogens with one attached hydrogen (secondary N) is 1. The lowest BCUT2D eigenvalue weighted by atomic mass is 10.3. The molecule has 0 aliphatic carbocycles. The summed E-state index contributed by atoms with van der Waals surface area (Å²) in [5, 5.41) is 10.0. The van der Waals surface area contributed by atoms with Crippen molar-refractivity contribution in [1.82, 2.24) is 0 Å². The van der Waals surface area contributed by atoms with E-state index >= 15 is 0 Å². The van der Waals surface area contributed by atoms with Crippen LogP contribution in [-0.4, -0.2) is 13.7 Å². The number of hydroxylamine groups is 2. The Morgan fingerprint density at radius 2 is 2.20 bits per heavy atom. The van der Waals surface area contributed by atoms with E-state index in [9.17, 15) is 5.21 Å². The maximum atomic E-state index is 10.2. The average Bonchev–Trinajstić information content (AvgIpc) is 1.79. The molecule has 3 nitrogen and oxygen atoms in total. The predicted octanol–water partition coefficient (Wildman–Crippen LogP) is 0.287. The van der Waals surface area contributed by atoms with E-state index in [-0.39, 0.29) is 5.23 Å². The summed E-state index contributed by atoms with van der Waals surface area (Å²) in [4.78, 5) is 4.71. The first-order valence-corrected chi connectivity index (χ1v) is 3.39. The van der Waals surface area contributed by atoms with Gasteiger partial charge in [0.1, 0.15) is 6.61 Å². The Kier molecular flexibility index (Phi) is 5.20. The van der Waals surface area contributed by atoms with Gasteiger partial charge in [-0.15, -0.1) is 0 Å². The maximum Gasteiger partial charge on any atom is 0.110 e. The molecule has 1 unspecified atom stereocenters. The highest BCUT2D eigenvalue weighted by Gasteiger charge is 1.86.